The van der Waals surface area contributed by atoms with Crippen LogP contribution in [0.2, 0.25) is 0 Å². The Hall–Kier alpha value is -3.09. The molecule has 2 aromatic carbocycles. The number of rotatable bonds is 4. The van der Waals surface area contributed by atoms with E-state index in [-0.39, 0.29) is 29.5 Å². The topological polar surface area (TPSA) is 94.5 Å². The van der Waals surface area contributed by atoms with E-state index in [0.717, 1.165) is 0 Å². The summed E-state index contributed by atoms with van der Waals surface area (Å²) in [7, 11) is 4.38. The summed E-state index contributed by atoms with van der Waals surface area (Å²) in [5, 5.41) is 19.1. The van der Waals surface area contributed by atoms with Crippen LogP contribution in [0.15, 0.2) is 24.3 Å². The molecule has 0 saturated carbocycles. The van der Waals surface area contributed by atoms with E-state index < -0.39 is 6.10 Å². The van der Waals surface area contributed by atoms with Gasteiger partial charge in [0.05, 0.1) is 27.8 Å². The molecule has 0 aliphatic carbocycles. The van der Waals surface area contributed by atoms with Gasteiger partial charge in [0.15, 0.2) is 28.8 Å². The Balaban J connectivity index is 2.08. The van der Waals surface area contributed by atoms with Crippen LogP contribution in [0.3, 0.4) is 0 Å². The molecule has 0 saturated heterocycles. The fourth-order valence-corrected chi connectivity index (χ4v) is 2.88. The molecule has 2 aromatic rings. The van der Waals surface area contributed by atoms with Crippen molar-refractivity contribution in [3.05, 3.63) is 35.4 Å². The Morgan fingerprint density at radius 1 is 1.00 bits per heavy atom. The summed E-state index contributed by atoms with van der Waals surface area (Å²) in [6.45, 7) is 0. The highest BCUT2D eigenvalue weighted by atomic mass is 16.5. The molecule has 2 N–H and O–H groups in total. The second-order valence-corrected chi connectivity index (χ2v) is 5.50. The molecule has 0 radical (unpaired) electrons. The van der Waals surface area contributed by atoms with Crippen molar-refractivity contribution in [2.45, 2.75) is 12.5 Å². The van der Waals surface area contributed by atoms with E-state index in [1.165, 1.54) is 33.5 Å². The molecule has 0 fully saturated rings. The summed E-state index contributed by atoms with van der Waals surface area (Å²) in [5.74, 6) is 0.568. The first-order valence-electron chi connectivity index (χ1n) is 7.54. The minimum Gasteiger partial charge on any atom is -0.504 e. The third-order valence-electron chi connectivity index (χ3n) is 4.08. The first-order chi connectivity index (χ1) is 12.0. The number of methoxy groups -OCH3 is 3. The fraction of sp³-hybridized carbons (Fsp3) is 0.278. The third-order valence-corrected chi connectivity index (χ3v) is 4.08. The van der Waals surface area contributed by atoms with E-state index >= 15 is 0 Å². The molecular weight excluding hydrogens is 328 g/mol. The van der Waals surface area contributed by atoms with Crippen molar-refractivity contribution in [2.24, 2.45) is 0 Å². The Labute approximate surface area is 144 Å². The summed E-state index contributed by atoms with van der Waals surface area (Å²) in [6, 6.07) is 5.89. The molecule has 132 valence electrons. The fourth-order valence-electron chi connectivity index (χ4n) is 2.88. The Bertz CT molecular complexity index is 829. The average molecular weight is 346 g/mol. The number of Topliss-reactive ketones (excluding diaryl/α,β-unsaturated/α-hetero) is 1. The molecule has 1 heterocycles. The minimum atomic E-state index is -0.602. The number of ketones is 1. The Kier molecular flexibility index (Phi) is 4.31. The number of phenolic OH excluding ortho intramolecular Hbond substituents is 2. The summed E-state index contributed by atoms with van der Waals surface area (Å²) in [4.78, 5) is 12.7. The summed E-state index contributed by atoms with van der Waals surface area (Å²) in [5.41, 5.74) is 0.863. The van der Waals surface area contributed by atoms with Crippen molar-refractivity contribution >= 4 is 5.78 Å². The summed E-state index contributed by atoms with van der Waals surface area (Å²) >= 11 is 0. The predicted octanol–water partition coefficient (Wildman–Crippen LogP) is 2.83. The second-order valence-electron chi connectivity index (χ2n) is 5.50. The molecule has 1 atom stereocenters. The van der Waals surface area contributed by atoms with Crippen molar-refractivity contribution in [1.82, 2.24) is 0 Å². The van der Waals surface area contributed by atoms with E-state index in [1.807, 2.05) is 0 Å². The van der Waals surface area contributed by atoms with Crippen LogP contribution in [-0.2, 0) is 0 Å². The van der Waals surface area contributed by atoms with Crippen LogP contribution in [0.5, 0.6) is 34.5 Å². The van der Waals surface area contributed by atoms with Crippen LogP contribution in [0, 0.1) is 0 Å². The van der Waals surface area contributed by atoms with Gasteiger partial charge < -0.3 is 29.2 Å². The number of hydrogen-bond acceptors (Lipinski definition) is 7. The second kappa shape index (κ2) is 6.43. The Morgan fingerprint density at radius 2 is 1.72 bits per heavy atom. The third kappa shape index (κ3) is 2.77. The van der Waals surface area contributed by atoms with Crippen LogP contribution < -0.4 is 18.9 Å². The van der Waals surface area contributed by atoms with Crippen LogP contribution in [0.25, 0.3) is 0 Å². The molecule has 0 bridgehead atoms. The van der Waals surface area contributed by atoms with Gasteiger partial charge in [0.2, 0.25) is 5.75 Å². The van der Waals surface area contributed by atoms with Gasteiger partial charge in [-0.1, -0.05) is 6.07 Å². The van der Waals surface area contributed by atoms with Crippen molar-refractivity contribution in [2.75, 3.05) is 21.3 Å². The van der Waals surface area contributed by atoms with Crippen LogP contribution >= 0.6 is 0 Å². The van der Waals surface area contributed by atoms with Crippen molar-refractivity contribution < 1.29 is 34.0 Å². The van der Waals surface area contributed by atoms with Gasteiger partial charge in [-0.2, -0.15) is 0 Å². The maximum atomic E-state index is 12.7. The van der Waals surface area contributed by atoms with Crippen LogP contribution in [0.1, 0.15) is 28.4 Å². The lowest BCUT2D eigenvalue weighted by molar-refractivity contribution is 0.0842. The smallest absolute Gasteiger partial charge is 0.204 e. The van der Waals surface area contributed by atoms with E-state index in [9.17, 15) is 15.0 Å². The maximum absolute atomic E-state index is 12.7. The van der Waals surface area contributed by atoms with Gasteiger partial charge >= 0.3 is 0 Å². The molecule has 25 heavy (non-hydrogen) atoms. The van der Waals surface area contributed by atoms with Gasteiger partial charge in [-0.05, 0) is 17.7 Å². The van der Waals surface area contributed by atoms with Gasteiger partial charge in [0.25, 0.3) is 0 Å². The van der Waals surface area contributed by atoms with Crippen molar-refractivity contribution in [3.8, 4) is 34.5 Å². The summed E-state index contributed by atoms with van der Waals surface area (Å²) in [6.07, 6.45) is -0.544. The lowest BCUT2D eigenvalue weighted by Crippen LogP contribution is -2.21. The molecule has 3 rings (SSSR count). The van der Waals surface area contributed by atoms with E-state index in [0.29, 0.717) is 28.4 Å². The van der Waals surface area contributed by atoms with Gasteiger partial charge in [0.1, 0.15) is 17.4 Å². The summed E-state index contributed by atoms with van der Waals surface area (Å²) < 4.78 is 21.9. The van der Waals surface area contributed by atoms with Crippen LogP contribution in [0.4, 0.5) is 0 Å². The van der Waals surface area contributed by atoms with Gasteiger partial charge in [-0.15, -0.1) is 0 Å². The largest absolute Gasteiger partial charge is 0.504 e. The minimum absolute atomic E-state index is 0.0586. The molecule has 1 aliphatic rings. The molecule has 0 spiro atoms. The first-order valence-corrected chi connectivity index (χ1v) is 7.54. The van der Waals surface area contributed by atoms with Gasteiger partial charge in [-0.25, -0.2) is 0 Å². The molecule has 1 unspecified atom stereocenters. The number of carbonyl (C=O) groups is 1. The number of fused-ring (bicyclic) bond motifs is 1. The zero-order valence-electron chi connectivity index (χ0n) is 14.0. The monoisotopic (exact) mass is 346 g/mol. The lowest BCUT2D eigenvalue weighted by atomic mass is 9.95. The highest BCUT2D eigenvalue weighted by molar-refractivity contribution is 6.04. The first kappa shape index (κ1) is 16.8. The van der Waals surface area contributed by atoms with E-state index in [1.54, 1.807) is 12.1 Å². The van der Waals surface area contributed by atoms with Crippen molar-refractivity contribution in [1.29, 1.82) is 0 Å². The molecule has 0 amide bonds. The van der Waals surface area contributed by atoms with Gasteiger partial charge in [0, 0.05) is 6.07 Å². The molecule has 7 heteroatoms. The molecule has 1 aliphatic heterocycles. The SMILES string of the molecule is COc1cc2c(c(OC)c1OC)C(=O)CC(c1ccc(O)c(O)c1)O2. The Morgan fingerprint density at radius 3 is 2.32 bits per heavy atom. The van der Waals surface area contributed by atoms with Crippen molar-refractivity contribution in [3.63, 3.8) is 0 Å². The van der Waals surface area contributed by atoms with E-state index in [2.05, 4.69) is 0 Å². The average Bonchev–Trinajstić information content (AvgIpc) is 2.61. The predicted molar refractivity (Wildman–Crippen MR) is 88.2 cm³/mol. The van der Waals surface area contributed by atoms with Gasteiger partial charge in [-0.3, -0.25) is 4.79 Å². The number of hydrogen-bond donors (Lipinski definition) is 2. The quantitative estimate of drug-likeness (QED) is 0.822. The number of phenols is 2. The number of aromatic hydroxyl groups is 2. The maximum Gasteiger partial charge on any atom is 0.204 e. The van der Waals surface area contributed by atoms with E-state index in [4.69, 9.17) is 18.9 Å². The standard InChI is InChI=1S/C18H18O7/c1-22-15-8-14-16(18(24-3)17(15)23-2)12(21)7-13(25-14)9-4-5-10(19)11(20)6-9/h4-6,8,13,19-20H,7H2,1-3H3. The van der Waals surface area contributed by atoms with Crippen LogP contribution in [-0.4, -0.2) is 37.3 Å². The highest BCUT2D eigenvalue weighted by Crippen LogP contribution is 2.49. The normalized spacial score (nSPS) is 16.0. The molecule has 7 nitrogen and oxygen atoms in total. The molecular formula is C18H18O7. The zero-order valence-corrected chi connectivity index (χ0v) is 14.0. The zero-order chi connectivity index (χ0) is 18.1. The number of benzene rings is 2. The number of ether oxygens (including phenoxy) is 4. The number of carbonyl (C=O) groups excluding carboxylic acids is 1. The highest BCUT2D eigenvalue weighted by Gasteiger charge is 2.34. The molecule has 0 aromatic heterocycles. The lowest BCUT2D eigenvalue weighted by Gasteiger charge is -2.28.